The summed E-state index contributed by atoms with van der Waals surface area (Å²) in [6.45, 7) is 0. The number of alkyl halides is 3. The van der Waals surface area contributed by atoms with Crippen molar-refractivity contribution in [3.63, 3.8) is 0 Å². The van der Waals surface area contributed by atoms with Crippen LogP contribution in [-0.4, -0.2) is 20.5 Å². The van der Waals surface area contributed by atoms with Crippen LogP contribution >= 0.6 is 0 Å². The molecule has 0 bridgehead atoms. The van der Waals surface area contributed by atoms with Gasteiger partial charge >= 0.3 is 6.18 Å². The van der Waals surface area contributed by atoms with Crippen LogP contribution in [0.4, 0.5) is 13.2 Å². The molecule has 2 heterocycles. The molecule has 0 saturated heterocycles. The molecular weight excluding hydrogens is 297 g/mol. The smallest absolute Gasteiger partial charge is 0.365 e. The van der Waals surface area contributed by atoms with E-state index in [2.05, 4.69) is 10.1 Å². The van der Waals surface area contributed by atoms with Crippen LogP contribution in [-0.2, 0) is 6.18 Å². The van der Waals surface area contributed by atoms with Crippen molar-refractivity contribution in [2.75, 3.05) is 0 Å². The van der Waals surface area contributed by atoms with Crippen molar-refractivity contribution < 1.29 is 18.0 Å². The van der Waals surface area contributed by atoms with Crippen LogP contribution in [0.15, 0.2) is 42.7 Å². The normalized spacial score (nSPS) is 11.8. The molecule has 0 aliphatic heterocycles. The van der Waals surface area contributed by atoms with E-state index in [1.165, 1.54) is 35.1 Å². The van der Waals surface area contributed by atoms with Crippen LogP contribution in [0.1, 0.15) is 15.9 Å². The first-order valence-electron chi connectivity index (χ1n) is 6.18. The molecular formula is C14H9F3N4O. The summed E-state index contributed by atoms with van der Waals surface area (Å²) in [5.41, 5.74) is 5.44. The van der Waals surface area contributed by atoms with Crippen molar-refractivity contribution in [2.45, 2.75) is 6.18 Å². The molecule has 0 fully saturated rings. The molecule has 0 saturated carbocycles. The van der Waals surface area contributed by atoms with E-state index >= 15 is 0 Å². The topological polar surface area (TPSA) is 73.3 Å². The molecule has 2 N–H and O–H groups in total. The van der Waals surface area contributed by atoms with Gasteiger partial charge in [0.05, 0.1) is 23.0 Å². The number of nitrogens with two attached hydrogens (primary N) is 1. The zero-order chi connectivity index (χ0) is 15.9. The van der Waals surface area contributed by atoms with E-state index in [0.717, 1.165) is 12.1 Å². The highest BCUT2D eigenvalue weighted by molar-refractivity contribution is 5.98. The number of benzene rings is 1. The fraction of sp³-hybridized carbons (Fsp3) is 0.0714. The van der Waals surface area contributed by atoms with E-state index in [1.54, 1.807) is 0 Å². The highest BCUT2D eigenvalue weighted by atomic mass is 19.4. The lowest BCUT2D eigenvalue weighted by molar-refractivity contribution is -0.137. The Morgan fingerprint density at radius 3 is 2.68 bits per heavy atom. The Balaban J connectivity index is 2.20. The molecule has 0 aliphatic rings. The highest BCUT2D eigenvalue weighted by Gasteiger charge is 2.30. The number of aromatic nitrogens is 3. The van der Waals surface area contributed by atoms with Crippen molar-refractivity contribution in [3.05, 3.63) is 53.9 Å². The molecule has 0 unspecified atom stereocenters. The van der Waals surface area contributed by atoms with Gasteiger partial charge in [0.1, 0.15) is 0 Å². The van der Waals surface area contributed by atoms with Gasteiger partial charge in [-0.25, -0.2) is 9.50 Å². The SMILES string of the molecule is NC(=O)c1ccnn2c(-c3cccc(C(F)(F)F)c3)cnc12. The number of imidazole rings is 1. The van der Waals surface area contributed by atoms with Crippen LogP contribution in [0, 0.1) is 0 Å². The predicted octanol–water partition coefficient (Wildman–Crippen LogP) is 2.51. The van der Waals surface area contributed by atoms with Gasteiger partial charge in [-0.05, 0) is 18.2 Å². The number of halogens is 3. The third-order valence-corrected chi connectivity index (χ3v) is 3.15. The minimum absolute atomic E-state index is 0.147. The summed E-state index contributed by atoms with van der Waals surface area (Å²) in [7, 11) is 0. The molecule has 0 radical (unpaired) electrons. The Morgan fingerprint density at radius 2 is 2.00 bits per heavy atom. The van der Waals surface area contributed by atoms with Crippen molar-refractivity contribution in [3.8, 4) is 11.3 Å². The van der Waals surface area contributed by atoms with Gasteiger partial charge in [0.2, 0.25) is 0 Å². The second-order valence-electron chi connectivity index (χ2n) is 4.57. The minimum atomic E-state index is -4.44. The predicted molar refractivity (Wildman–Crippen MR) is 71.9 cm³/mol. The van der Waals surface area contributed by atoms with E-state index < -0.39 is 17.6 Å². The fourth-order valence-electron chi connectivity index (χ4n) is 2.14. The van der Waals surface area contributed by atoms with E-state index in [-0.39, 0.29) is 16.8 Å². The van der Waals surface area contributed by atoms with Crippen LogP contribution in [0.5, 0.6) is 0 Å². The summed E-state index contributed by atoms with van der Waals surface area (Å²) < 4.78 is 39.7. The summed E-state index contributed by atoms with van der Waals surface area (Å²) in [5, 5.41) is 4.02. The molecule has 0 atom stereocenters. The van der Waals surface area contributed by atoms with E-state index in [1.807, 2.05) is 0 Å². The van der Waals surface area contributed by atoms with Crippen molar-refractivity contribution in [1.82, 2.24) is 14.6 Å². The Bertz CT molecular complexity index is 870. The molecule has 3 rings (SSSR count). The van der Waals surface area contributed by atoms with Gasteiger partial charge in [0.15, 0.2) is 5.65 Å². The number of carbonyl (C=O) groups excluding carboxylic acids is 1. The molecule has 3 aromatic rings. The summed E-state index contributed by atoms with van der Waals surface area (Å²) >= 11 is 0. The number of fused-ring (bicyclic) bond motifs is 1. The number of amides is 1. The lowest BCUT2D eigenvalue weighted by atomic mass is 10.1. The lowest BCUT2D eigenvalue weighted by Gasteiger charge is -2.08. The van der Waals surface area contributed by atoms with Gasteiger partial charge in [-0.15, -0.1) is 0 Å². The lowest BCUT2D eigenvalue weighted by Crippen LogP contribution is -2.13. The van der Waals surface area contributed by atoms with Crippen LogP contribution in [0.2, 0.25) is 0 Å². The van der Waals surface area contributed by atoms with Gasteiger partial charge in [-0.3, -0.25) is 4.79 Å². The maximum atomic E-state index is 12.8. The maximum Gasteiger partial charge on any atom is 0.416 e. The van der Waals surface area contributed by atoms with Crippen LogP contribution in [0.25, 0.3) is 16.9 Å². The third kappa shape index (κ3) is 2.28. The molecule has 8 heteroatoms. The molecule has 1 amide bonds. The number of primary amides is 1. The monoisotopic (exact) mass is 306 g/mol. The number of rotatable bonds is 2. The van der Waals surface area contributed by atoms with E-state index in [4.69, 9.17) is 5.73 Å². The molecule has 112 valence electrons. The molecule has 0 spiro atoms. The van der Waals surface area contributed by atoms with E-state index in [9.17, 15) is 18.0 Å². The Hall–Kier alpha value is -2.90. The summed E-state index contributed by atoms with van der Waals surface area (Å²) in [4.78, 5) is 15.4. The van der Waals surface area contributed by atoms with Gasteiger partial charge in [0.25, 0.3) is 5.91 Å². The quantitative estimate of drug-likeness (QED) is 0.790. The standard InChI is InChI=1S/C14H9F3N4O/c15-14(16,17)9-3-1-2-8(6-9)11-7-19-13-10(12(18)22)4-5-20-21(11)13/h1-7H,(H2,18,22). The summed E-state index contributed by atoms with van der Waals surface area (Å²) in [5.74, 6) is -0.686. The molecule has 5 nitrogen and oxygen atoms in total. The molecule has 0 aliphatic carbocycles. The molecule has 1 aromatic carbocycles. The van der Waals surface area contributed by atoms with Gasteiger partial charge in [0, 0.05) is 11.8 Å². The van der Waals surface area contributed by atoms with Crippen LogP contribution < -0.4 is 5.73 Å². The minimum Gasteiger partial charge on any atom is -0.365 e. The van der Waals surface area contributed by atoms with Gasteiger partial charge < -0.3 is 5.73 Å². The third-order valence-electron chi connectivity index (χ3n) is 3.15. The van der Waals surface area contributed by atoms with Gasteiger partial charge in [-0.2, -0.15) is 18.3 Å². The first-order chi connectivity index (χ1) is 10.4. The maximum absolute atomic E-state index is 12.8. The average Bonchev–Trinajstić information content (AvgIpc) is 2.90. The molecule has 2 aromatic heterocycles. The average molecular weight is 306 g/mol. The first kappa shape index (κ1) is 14.1. The largest absolute Gasteiger partial charge is 0.416 e. The zero-order valence-corrected chi connectivity index (χ0v) is 11.0. The number of nitrogens with zero attached hydrogens (tertiary/aromatic N) is 3. The molecule has 22 heavy (non-hydrogen) atoms. The number of hydrogen-bond donors (Lipinski definition) is 1. The Morgan fingerprint density at radius 1 is 1.23 bits per heavy atom. The fourth-order valence-corrected chi connectivity index (χ4v) is 2.14. The van der Waals surface area contributed by atoms with Crippen molar-refractivity contribution >= 4 is 11.6 Å². The first-order valence-corrected chi connectivity index (χ1v) is 6.18. The number of carbonyl (C=O) groups is 1. The van der Waals surface area contributed by atoms with Gasteiger partial charge in [-0.1, -0.05) is 12.1 Å². The Kier molecular flexibility index (Phi) is 3.09. The summed E-state index contributed by atoms with van der Waals surface area (Å²) in [6, 6.07) is 6.20. The van der Waals surface area contributed by atoms with E-state index in [0.29, 0.717) is 5.69 Å². The van der Waals surface area contributed by atoms with Crippen LogP contribution in [0.3, 0.4) is 0 Å². The zero-order valence-electron chi connectivity index (χ0n) is 11.0. The van der Waals surface area contributed by atoms with Crippen molar-refractivity contribution in [1.29, 1.82) is 0 Å². The second-order valence-corrected chi connectivity index (χ2v) is 4.57. The highest BCUT2D eigenvalue weighted by Crippen LogP contribution is 2.32. The Labute approximate surface area is 122 Å². The second kappa shape index (κ2) is 4.83. The number of hydrogen-bond acceptors (Lipinski definition) is 3. The summed E-state index contributed by atoms with van der Waals surface area (Å²) in [6.07, 6.45) is -1.75. The van der Waals surface area contributed by atoms with Crippen molar-refractivity contribution in [2.24, 2.45) is 5.73 Å².